The van der Waals surface area contributed by atoms with E-state index in [4.69, 9.17) is 5.11 Å². The number of hydrogen-bond donors (Lipinski definition) is 1. The van der Waals surface area contributed by atoms with Crippen molar-refractivity contribution in [3.05, 3.63) is 53.3 Å². The molecule has 0 amide bonds. The number of carboxylic acid groups (broad SMARTS) is 1. The highest BCUT2D eigenvalue weighted by molar-refractivity contribution is 7.16. The van der Waals surface area contributed by atoms with Crippen LogP contribution in [0.1, 0.15) is 17.4 Å². The molecular formula is C15H15O2S. The second-order valence-electron chi connectivity index (χ2n) is 4.32. The van der Waals surface area contributed by atoms with Crippen molar-refractivity contribution < 1.29 is 9.90 Å². The summed E-state index contributed by atoms with van der Waals surface area (Å²) < 4.78 is 0. The van der Waals surface area contributed by atoms with Crippen LogP contribution in [-0.2, 0) is 4.79 Å². The van der Waals surface area contributed by atoms with Crippen molar-refractivity contribution in [1.29, 1.82) is 0 Å². The average Bonchev–Trinajstić information content (AvgIpc) is 2.71. The molecule has 1 radical (unpaired) electrons. The third kappa shape index (κ3) is 2.79. The van der Waals surface area contributed by atoms with Gasteiger partial charge in [-0.05, 0) is 24.1 Å². The smallest absolute Gasteiger partial charge is 0.306 e. The van der Waals surface area contributed by atoms with E-state index in [-0.39, 0.29) is 0 Å². The molecule has 1 aromatic carbocycles. The number of benzene rings is 1. The molecule has 1 atom stereocenters. The van der Waals surface area contributed by atoms with Crippen LogP contribution >= 0.6 is 11.3 Å². The van der Waals surface area contributed by atoms with E-state index in [1.807, 2.05) is 24.3 Å². The summed E-state index contributed by atoms with van der Waals surface area (Å²) in [5.74, 6) is -1.24. The molecule has 2 rings (SSSR count). The summed E-state index contributed by atoms with van der Waals surface area (Å²) in [6.45, 7) is 3.75. The molecule has 0 aliphatic carbocycles. The summed E-state index contributed by atoms with van der Waals surface area (Å²) in [6.07, 6.45) is 1.80. The van der Waals surface area contributed by atoms with Gasteiger partial charge in [-0.2, -0.15) is 0 Å². The fourth-order valence-electron chi connectivity index (χ4n) is 1.78. The summed E-state index contributed by atoms with van der Waals surface area (Å²) >= 11 is 1.64. The molecular weight excluding hydrogens is 244 g/mol. The van der Waals surface area contributed by atoms with Gasteiger partial charge in [0, 0.05) is 16.2 Å². The first-order chi connectivity index (χ1) is 8.58. The number of rotatable bonds is 4. The van der Waals surface area contributed by atoms with Gasteiger partial charge in [0.2, 0.25) is 0 Å². The van der Waals surface area contributed by atoms with E-state index in [0.29, 0.717) is 0 Å². The molecule has 1 heterocycles. The molecule has 1 N–H and O–H groups in total. The van der Waals surface area contributed by atoms with Gasteiger partial charge in [0.05, 0.1) is 5.92 Å². The lowest BCUT2D eigenvalue weighted by Crippen LogP contribution is -2.09. The van der Waals surface area contributed by atoms with Gasteiger partial charge in [0.1, 0.15) is 0 Å². The zero-order chi connectivity index (χ0) is 13.1. The second-order valence-corrected chi connectivity index (χ2v) is 5.40. The first kappa shape index (κ1) is 12.8. The second kappa shape index (κ2) is 5.36. The number of aryl methyl sites for hydroxylation is 1. The summed E-state index contributed by atoms with van der Waals surface area (Å²) in [4.78, 5) is 13.1. The maximum Gasteiger partial charge on any atom is 0.306 e. The van der Waals surface area contributed by atoms with Crippen LogP contribution in [0.2, 0.25) is 0 Å². The minimum absolute atomic E-state index is 0.452. The fraction of sp³-hybridized carbons (Fsp3) is 0.200. The summed E-state index contributed by atoms with van der Waals surface area (Å²) in [5, 5.41) is 8.91. The molecule has 0 saturated heterocycles. The zero-order valence-corrected chi connectivity index (χ0v) is 11.2. The van der Waals surface area contributed by atoms with Crippen LogP contribution in [0, 0.1) is 19.3 Å². The van der Waals surface area contributed by atoms with E-state index in [1.54, 1.807) is 24.7 Å². The van der Waals surface area contributed by atoms with E-state index in [2.05, 4.69) is 19.1 Å². The largest absolute Gasteiger partial charge is 0.481 e. The van der Waals surface area contributed by atoms with E-state index in [1.165, 1.54) is 16.0 Å². The van der Waals surface area contributed by atoms with Crippen molar-refractivity contribution in [2.45, 2.75) is 13.8 Å². The van der Waals surface area contributed by atoms with Gasteiger partial charge in [-0.3, -0.25) is 4.79 Å². The number of aliphatic carboxylic acids is 1. The van der Waals surface area contributed by atoms with Gasteiger partial charge in [-0.1, -0.05) is 37.3 Å². The molecule has 93 valence electrons. The molecule has 0 aliphatic heterocycles. The maximum atomic E-state index is 10.8. The van der Waals surface area contributed by atoms with Crippen molar-refractivity contribution in [3.8, 4) is 10.4 Å². The van der Waals surface area contributed by atoms with Gasteiger partial charge in [0.25, 0.3) is 0 Å². The zero-order valence-electron chi connectivity index (χ0n) is 10.4. The Labute approximate surface area is 111 Å². The van der Waals surface area contributed by atoms with Crippen LogP contribution in [0.5, 0.6) is 0 Å². The number of hydrogen-bond acceptors (Lipinski definition) is 2. The Morgan fingerprint density at radius 3 is 2.61 bits per heavy atom. The Balaban J connectivity index is 2.25. The van der Waals surface area contributed by atoms with Crippen molar-refractivity contribution in [2.24, 2.45) is 5.92 Å². The first-order valence-electron chi connectivity index (χ1n) is 5.81. The van der Waals surface area contributed by atoms with Gasteiger partial charge in [0.15, 0.2) is 0 Å². The Morgan fingerprint density at radius 2 is 2.00 bits per heavy atom. The normalized spacial score (nSPS) is 12.3. The van der Waals surface area contributed by atoms with Gasteiger partial charge >= 0.3 is 5.97 Å². The number of carbonyl (C=O) groups is 1. The lowest BCUT2D eigenvalue weighted by Gasteiger charge is -2.02. The van der Waals surface area contributed by atoms with Crippen LogP contribution in [0.4, 0.5) is 0 Å². The van der Waals surface area contributed by atoms with Crippen LogP contribution in [-0.4, -0.2) is 11.1 Å². The lowest BCUT2D eigenvalue weighted by atomic mass is 10.1. The topological polar surface area (TPSA) is 37.3 Å². The predicted molar refractivity (Wildman–Crippen MR) is 74.7 cm³/mol. The van der Waals surface area contributed by atoms with Gasteiger partial charge in [-0.25, -0.2) is 0 Å². The summed E-state index contributed by atoms with van der Waals surface area (Å²) in [7, 11) is 0. The highest BCUT2D eigenvalue weighted by Crippen LogP contribution is 2.33. The minimum atomic E-state index is -0.790. The van der Waals surface area contributed by atoms with Crippen LogP contribution < -0.4 is 0 Å². The Hall–Kier alpha value is -1.61. The monoisotopic (exact) mass is 259 g/mol. The molecule has 0 bridgehead atoms. The van der Waals surface area contributed by atoms with Crippen LogP contribution in [0.3, 0.4) is 0 Å². The molecule has 18 heavy (non-hydrogen) atoms. The first-order valence-corrected chi connectivity index (χ1v) is 6.63. The van der Waals surface area contributed by atoms with Crippen molar-refractivity contribution >= 4 is 17.3 Å². The highest BCUT2D eigenvalue weighted by atomic mass is 32.1. The van der Waals surface area contributed by atoms with Crippen molar-refractivity contribution in [1.82, 2.24) is 0 Å². The molecule has 1 aromatic heterocycles. The van der Waals surface area contributed by atoms with Gasteiger partial charge in [-0.15, -0.1) is 11.3 Å². The van der Waals surface area contributed by atoms with E-state index < -0.39 is 11.9 Å². The van der Waals surface area contributed by atoms with E-state index in [9.17, 15) is 4.79 Å². The molecule has 0 aliphatic rings. The third-order valence-electron chi connectivity index (χ3n) is 2.78. The minimum Gasteiger partial charge on any atom is -0.481 e. The maximum absolute atomic E-state index is 10.8. The summed E-state index contributed by atoms with van der Waals surface area (Å²) in [6, 6.07) is 12.2. The molecule has 2 nitrogen and oxygen atoms in total. The Kier molecular flexibility index (Phi) is 3.82. The molecule has 0 saturated carbocycles. The number of thiophene rings is 1. The molecule has 0 spiro atoms. The standard InChI is InChI=1S/C15H15O2S/c1-10-8-13(9-11(2)15(16)17)18-14(10)12-6-4-3-5-7-12/h3-9,11H,1-2H3,(H,16,17). The molecule has 1 unspecified atom stereocenters. The number of carboxylic acids is 1. The van der Waals surface area contributed by atoms with Crippen molar-refractivity contribution in [3.63, 3.8) is 0 Å². The average molecular weight is 259 g/mol. The third-order valence-corrected chi connectivity index (χ3v) is 4.03. The summed E-state index contributed by atoms with van der Waals surface area (Å²) in [5.41, 5.74) is 2.37. The van der Waals surface area contributed by atoms with E-state index in [0.717, 1.165) is 4.88 Å². The molecule has 3 heteroatoms. The van der Waals surface area contributed by atoms with E-state index >= 15 is 0 Å². The molecule has 2 aromatic rings. The molecule has 0 fully saturated rings. The van der Waals surface area contributed by atoms with Crippen LogP contribution in [0.25, 0.3) is 10.4 Å². The Bertz CT molecular complexity index is 543. The SMILES string of the molecule is Cc1cc([CH]C(C)C(=O)O)sc1-c1ccccc1. The van der Waals surface area contributed by atoms with Crippen molar-refractivity contribution in [2.75, 3.05) is 0 Å². The highest BCUT2D eigenvalue weighted by Gasteiger charge is 2.15. The van der Waals surface area contributed by atoms with Crippen LogP contribution in [0.15, 0.2) is 36.4 Å². The fourth-order valence-corrected chi connectivity index (χ4v) is 3.00. The quantitative estimate of drug-likeness (QED) is 0.901. The Morgan fingerprint density at radius 1 is 1.33 bits per heavy atom. The lowest BCUT2D eigenvalue weighted by molar-refractivity contribution is -0.139. The van der Waals surface area contributed by atoms with Gasteiger partial charge < -0.3 is 5.11 Å². The predicted octanol–water partition coefficient (Wildman–Crippen LogP) is 4.00.